The maximum absolute atomic E-state index is 12.6. The van der Waals surface area contributed by atoms with E-state index in [2.05, 4.69) is 10.3 Å². The quantitative estimate of drug-likeness (QED) is 0.406. The lowest BCUT2D eigenvalue weighted by Gasteiger charge is -2.07. The van der Waals surface area contributed by atoms with Crippen LogP contribution in [0.15, 0.2) is 89.0 Å². The van der Waals surface area contributed by atoms with Crippen molar-refractivity contribution in [3.05, 3.63) is 90.3 Å². The maximum Gasteiger partial charge on any atom is 0.266 e. The zero-order valence-corrected chi connectivity index (χ0v) is 14.8. The fourth-order valence-corrected chi connectivity index (χ4v) is 2.88. The number of carbonyl (C=O) groups is 1. The highest BCUT2D eigenvalue weighted by Crippen LogP contribution is 2.24. The van der Waals surface area contributed by atoms with Gasteiger partial charge in [-0.15, -0.1) is 0 Å². The molecule has 2 aromatic carbocycles. The lowest BCUT2D eigenvalue weighted by atomic mass is 10.1. The Balaban J connectivity index is 1.59. The number of benzene rings is 2. The van der Waals surface area contributed by atoms with Crippen LogP contribution in [0.5, 0.6) is 0 Å². The number of nitrogens with one attached hydrogen (secondary N) is 1. The average molecular weight is 365 g/mol. The molecule has 28 heavy (non-hydrogen) atoms. The summed E-state index contributed by atoms with van der Waals surface area (Å²) in [6, 6.07) is 24.2. The number of hydrogen-bond donors (Lipinski definition) is 1. The van der Waals surface area contributed by atoms with Gasteiger partial charge in [-0.2, -0.15) is 5.26 Å². The van der Waals surface area contributed by atoms with E-state index in [0.717, 1.165) is 16.5 Å². The van der Waals surface area contributed by atoms with Crippen molar-refractivity contribution in [3.63, 3.8) is 0 Å². The van der Waals surface area contributed by atoms with Crippen LogP contribution >= 0.6 is 0 Å². The molecule has 1 amide bonds. The van der Waals surface area contributed by atoms with Crippen LogP contribution in [0.4, 0.5) is 5.69 Å². The third-order valence-corrected chi connectivity index (χ3v) is 4.23. The summed E-state index contributed by atoms with van der Waals surface area (Å²) >= 11 is 0. The number of furan rings is 1. The van der Waals surface area contributed by atoms with Gasteiger partial charge < -0.3 is 9.73 Å². The number of nitrogens with zero attached hydrogens (tertiary/aromatic N) is 2. The van der Waals surface area contributed by atoms with Crippen LogP contribution in [-0.4, -0.2) is 10.9 Å². The Bertz CT molecular complexity index is 1210. The summed E-state index contributed by atoms with van der Waals surface area (Å²) in [5.41, 5.74) is 2.24. The largest absolute Gasteiger partial charge is 0.457 e. The number of aromatic nitrogens is 1. The first-order chi connectivity index (χ1) is 13.7. The van der Waals surface area contributed by atoms with Crippen molar-refractivity contribution in [2.45, 2.75) is 0 Å². The number of fused-ring (bicyclic) bond motifs is 1. The van der Waals surface area contributed by atoms with Gasteiger partial charge >= 0.3 is 0 Å². The summed E-state index contributed by atoms with van der Waals surface area (Å²) in [6.07, 6.45) is 3.13. The molecule has 2 heterocycles. The van der Waals surface area contributed by atoms with E-state index in [9.17, 15) is 10.1 Å². The molecule has 2 aromatic heterocycles. The topological polar surface area (TPSA) is 78.9 Å². The number of amides is 1. The molecule has 0 aliphatic rings. The van der Waals surface area contributed by atoms with Crippen LogP contribution in [0.2, 0.25) is 0 Å². The van der Waals surface area contributed by atoms with E-state index >= 15 is 0 Å². The van der Waals surface area contributed by atoms with Gasteiger partial charge in [0.2, 0.25) is 0 Å². The summed E-state index contributed by atoms with van der Waals surface area (Å²) in [4.78, 5) is 16.9. The minimum absolute atomic E-state index is 0.0464. The van der Waals surface area contributed by atoms with Crippen molar-refractivity contribution in [1.82, 2.24) is 4.98 Å². The molecule has 0 aliphatic heterocycles. The van der Waals surface area contributed by atoms with Gasteiger partial charge in [0, 0.05) is 23.2 Å². The molecular formula is C23H15N3O2. The van der Waals surface area contributed by atoms with Gasteiger partial charge in [-0.25, -0.2) is 0 Å². The van der Waals surface area contributed by atoms with Crippen molar-refractivity contribution in [1.29, 1.82) is 5.26 Å². The van der Waals surface area contributed by atoms with Gasteiger partial charge in [-0.1, -0.05) is 36.4 Å². The molecular weight excluding hydrogens is 350 g/mol. The molecule has 0 saturated carbocycles. The van der Waals surface area contributed by atoms with E-state index in [1.165, 1.54) is 6.08 Å². The molecule has 0 unspecified atom stereocenters. The first kappa shape index (κ1) is 17.3. The highest BCUT2D eigenvalue weighted by Gasteiger charge is 2.13. The lowest BCUT2D eigenvalue weighted by molar-refractivity contribution is -0.112. The van der Waals surface area contributed by atoms with Gasteiger partial charge in [-0.05, 0) is 36.4 Å². The predicted octanol–water partition coefficient (Wildman–Crippen LogP) is 5.04. The van der Waals surface area contributed by atoms with Crippen molar-refractivity contribution in [2.75, 3.05) is 5.32 Å². The Kier molecular flexibility index (Phi) is 4.68. The predicted molar refractivity (Wildman–Crippen MR) is 108 cm³/mol. The first-order valence-corrected chi connectivity index (χ1v) is 8.67. The number of nitriles is 1. The molecule has 0 fully saturated rings. The third kappa shape index (κ3) is 3.53. The lowest BCUT2D eigenvalue weighted by Crippen LogP contribution is -2.13. The zero-order valence-electron chi connectivity index (χ0n) is 14.8. The molecule has 134 valence electrons. The van der Waals surface area contributed by atoms with E-state index in [1.807, 2.05) is 54.6 Å². The molecule has 5 nitrogen and oxygen atoms in total. The van der Waals surface area contributed by atoms with Crippen molar-refractivity contribution in [3.8, 4) is 17.4 Å². The maximum atomic E-state index is 12.6. The number of carbonyl (C=O) groups excluding carboxylic acids is 1. The van der Waals surface area contributed by atoms with Crippen molar-refractivity contribution in [2.24, 2.45) is 0 Å². The average Bonchev–Trinajstić information content (AvgIpc) is 3.21. The smallest absolute Gasteiger partial charge is 0.266 e. The molecule has 4 rings (SSSR count). The van der Waals surface area contributed by atoms with E-state index in [-0.39, 0.29) is 5.57 Å². The molecule has 0 radical (unpaired) electrons. The molecule has 4 aromatic rings. The second-order valence-electron chi connectivity index (χ2n) is 6.07. The molecule has 0 atom stereocenters. The van der Waals surface area contributed by atoms with E-state index < -0.39 is 5.91 Å². The van der Waals surface area contributed by atoms with Crippen molar-refractivity contribution >= 4 is 28.6 Å². The minimum Gasteiger partial charge on any atom is -0.457 e. The van der Waals surface area contributed by atoms with Crippen LogP contribution in [0.3, 0.4) is 0 Å². The Hall–Kier alpha value is -4.17. The standard InChI is InChI=1S/C23H15N3O2/c24-15-17(14-18-11-12-22(28-18)16-6-2-1-3-7-16)23(27)26-21-10-4-9-20-19(21)8-5-13-25-20/h1-14H,(H,26,27)/b17-14-. The minimum atomic E-state index is -0.503. The number of hydrogen-bond acceptors (Lipinski definition) is 4. The second kappa shape index (κ2) is 7.60. The monoisotopic (exact) mass is 365 g/mol. The SMILES string of the molecule is N#C/C(=C/c1ccc(-c2ccccc2)o1)C(=O)Nc1cccc2ncccc12. The normalized spacial score (nSPS) is 11.2. The Labute approximate surface area is 161 Å². The number of anilines is 1. The second-order valence-corrected chi connectivity index (χ2v) is 6.07. The summed E-state index contributed by atoms with van der Waals surface area (Å²) in [5, 5.41) is 13.0. The Morgan fingerprint density at radius 2 is 1.86 bits per heavy atom. The van der Waals surface area contributed by atoms with Crippen LogP contribution in [-0.2, 0) is 4.79 Å². The Morgan fingerprint density at radius 1 is 1.00 bits per heavy atom. The molecule has 5 heteroatoms. The Morgan fingerprint density at radius 3 is 2.68 bits per heavy atom. The molecule has 0 saturated heterocycles. The van der Waals surface area contributed by atoms with Crippen molar-refractivity contribution < 1.29 is 9.21 Å². The number of pyridine rings is 1. The molecule has 0 bridgehead atoms. The summed E-state index contributed by atoms with van der Waals surface area (Å²) in [5.74, 6) is 0.603. The summed E-state index contributed by atoms with van der Waals surface area (Å²) in [6.45, 7) is 0. The fourth-order valence-electron chi connectivity index (χ4n) is 2.88. The van der Waals surface area contributed by atoms with Crippen LogP contribution in [0.1, 0.15) is 5.76 Å². The first-order valence-electron chi connectivity index (χ1n) is 8.67. The molecule has 0 spiro atoms. The fraction of sp³-hybridized carbons (Fsp3) is 0. The van der Waals surface area contributed by atoms with E-state index in [4.69, 9.17) is 4.42 Å². The van der Waals surface area contributed by atoms with Crippen LogP contribution in [0, 0.1) is 11.3 Å². The molecule has 0 aliphatic carbocycles. The summed E-state index contributed by atoms with van der Waals surface area (Å²) < 4.78 is 5.76. The zero-order chi connectivity index (χ0) is 19.3. The van der Waals surface area contributed by atoms with Crippen LogP contribution in [0.25, 0.3) is 28.3 Å². The van der Waals surface area contributed by atoms with E-state index in [1.54, 1.807) is 30.5 Å². The van der Waals surface area contributed by atoms with Gasteiger partial charge in [0.15, 0.2) is 0 Å². The van der Waals surface area contributed by atoms with Gasteiger partial charge in [-0.3, -0.25) is 9.78 Å². The van der Waals surface area contributed by atoms with Crippen LogP contribution < -0.4 is 5.32 Å². The van der Waals surface area contributed by atoms with Gasteiger partial charge in [0.05, 0.1) is 11.2 Å². The van der Waals surface area contributed by atoms with Gasteiger partial charge in [0.1, 0.15) is 23.2 Å². The van der Waals surface area contributed by atoms with E-state index in [0.29, 0.717) is 17.2 Å². The third-order valence-electron chi connectivity index (χ3n) is 4.23. The van der Waals surface area contributed by atoms with Gasteiger partial charge in [0.25, 0.3) is 5.91 Å². The number of rotatable bonds is 4. The highest BCUT2D eigenvalue weighted by atomic mass is 16.3. The molecule has 1 N–H and O–H groups in total. The summed E-state index contributed by atoms with van der Waals surface area (Å²) in [7, 11) is 0. The highest BCUT2D eigenvalue weighted by molar-refractivity contribution is 6.12.